The molecule has 2 aliphatic heterocycles. The lowest BCUT2D eigenvalue weighted by Gasteiger charge is -2.44. The molecule has 0 N–H and O–H groups in total. The quantitative estimate of drug-likeness (QED) is 0.836. The van der Waals surface area contributed by atoms with E-state index in [4.69, 9.17) is 4.74 Å². The summed E-state index contributed by atoms with van der Waals surface area (Å²) in [5.74, 6) is 0. The van der Waals surface area contributed by atoms with E-state index >= 15 is 0 Å². The lowest BCUT2D eigenvalue weighted by atomic mass is 9.80. The number of aryl methyl sites for hydroxylation is 1. The molecule has 6 nitrogen and oxygen atoms in total. The van der Waals surface area contributed by atoms with Gasteiger partial charge < -0.3 is 9.64 Å². The van der Waals surface area contributed by atoms with Crippen LogP contribution in [0.1, 0.15) is 24.0 Å². The van der Waals surface area contributed by atoms with E-state index < -0.39 is 0 Å². The van der Waals surface area contributed by atoms with Crippen molar-refractivity contribution in [1.29, 1.82) is 5.26 Å². The van der Waals surface area contributed by atoms with E-state index in [0.29, 0.717) is 5.56 Å². The Kier molecular flexibility index (Phi) is 5.15. The summed E-state index contributed by atoms with van der Waals surface area (Å²) in [6.07, 6.45) is 6.44. The summed E-state index contributed by atoms with van der Waals surface area (Å²) < 4.78 is 7.92. The Bertz CT molecular complexity index is 826. The van der Waals surface area contributed by atoms with Crippen molar-refractivity contribution in [2.75, 3.05) is 44.3 Å². The number of nitrogens with zero attached hydrogens (tertiary/aromatic N) is 5. The van der Waals surface area contributed by atoms with Gasteiger partial charge in [-0.2, -0.15) is 10.4 Å². The van der Waals surface area contributed by atoms with Gasteiger partial charge >= 0.3 is 0 Å². The molecule has 142 valence electrons. The predicted octanol–water partition coefficient (Wildman–Crippen LogP) is 2.41. The van der Waals surface area contributed by atoms with Crippen LogP contribution in [0.15, 0.2) is 36.7 Å². The zero-order valence-corrected chi connectivity index (χ0v) is 16.0. The highest BCUT2D eigenvalue weighted by Gasteiger charge is 2.39. The topological polar surface area (TPSA) is 57.3 Å². The molecule has 2 aliphatic rings. The molecular formula is C21H27N5O. The molecule has 0 bridgehead atoms. The number of hydrogen-bond donors (Lipinski definition) is 0. The average Bonchev–Trinajstić information content (AvgIpc) is 2.98. The molecule has 6 heteroatoms. The fourth-order valence-electron chi connectivity index (χ4n) is 4.49. The van der Waals surface area contributed by atoms with Gasteiger partial charge in [0.25, 0.3) is 0 Å². The molecule has 0 radical (unpaired) electrons. The first kappa shape index (κ1) is 18.0. The molecule has 3 heterocycles. The second kappa shape index (κ2) is 7.71. The second-order valence-electron chi connectivity index (χ2n) is 7.97. The fourth-order valence-corrected chi connectivity index (χ4v) is 4.49. The Morgan fingerprint density at radius 1 is 1.30 bits per heavy atom. The monoisotopic (exact) mass is 365 g/mol. The standard InChI is InChI=1S/C21H27N5O/c1-24-13-19(12-23-24)14-25-7-3-6-21(15-25)16-26(8-9-27-17-21)20-5-2-4-18(10-20)11-22/h2,4-5,10,12-13H,3,6-9,14-17H2,1H3/t21-/m0/s1. The van der Waals surface area contributed by atoms with E-state index in [1.54, 1.807) is 0 Å². The van der Waals surface area contributed by atoms with Crippen molar-refractivity contribution in [1.82, 2.24) is 14.7 Å². The summed E-state index contributed by atoms with van der Waals surface area (Å²) in [5, 5.41) is 13.5. The fraction of sp³-hybridized carbons (Fsp3) is 0.524. The zero-order chi connectivity index (χ0) is 18.7. The molecule has 0 aliphatic carbocycles. The smallest absolute Gasteiger partial charge is 0.0992 e. The second-order valence-corrected chi connectivity index (χ2v) is 7.97. The minimum Gasteiger partial charge on any atom is -0.379 e. The molecule has 2 fully saturated rings. The molecule has 0 amide bonds. The third-order valence-corrected chi connectivity index (χ3v) is 5.69. The van der Waals surface area contributed by atoms with E-state index in [1.165, 1.54) is 18.4 Å². The molecule has 4 rings (SSSR count). The number of hydrogen-bond acceptors (Lipinski definition) is 5. The van der Waals surface area contributed by atoms with Crippen molar-refractivity contribution in [3.8, 4) is 6.07 Å². The van der Waals surface area contributed by atoms with Crippen LogP contribution in [0.2, 0.25) is 0 Å². The normalized spacial score (nSPS) is 23.9. The van der Waals surface area contributed by atoms with Crippen LogP contribution in [-0.2, 0) is 18.3 Å². The number of aromatic nitrogens is 2. The maximum atomic E-state index is 9.23. The number of likely N-dealkylation sites (tertiary alicyclic amines) is 1. The highest BCUT2D eigenvalue weighted by atomic mass is 16.5. The van der Waals surface area contributed by atoms with Crippen molar-refractivity contribution in [3.63, 3.8) is 0 Å². The summed E-state index contributed by atoms with van der Waals surface area (Å²) >= 11 is 0. The van der Waals surface area contributed by atoms with Gasteiger partial charge in [-0.25, -0.2) is 0 Å². The molecule has 1 aromatic carbocycles. The van der Waals surface area contributed by atoms with Gasteiger partial charge in [0.05, 0.1) is 31.0 Å². The Labute approximate surface area is 160 Å². The SMILES string of the molecule is Cn1cc(CN2CCC[C@]3(COCCN(c4cccc(C#N)c4)C3)C2)cn1. The van der Waals surface area contributed by atoms with Crippen LogP contribution in [0.25, 0.3) is 0 Å². The van der Waals surface area contributed by atoms with Crippen LogP contribution >= 0.6 is 0 Å². The van der Waals surface area contributed by atoms with Gasteiger partial charge in [0.15, 0.2) is 0 Å². The maximum Gasteiger partial charge on any atom is 0.0992 e. The molecule has 0 saturated carbocycles. The number of ether oxygens (including phenoxy) is 1. The highest BCUT2D eigenvalue weighted by molar-refractivity contribution is 5.51. The zero-order valence-electron chi connectivity index (χ0n) is 16.0. The van der Waals surface area contributed by atoms with E-state index in [2.05, 4.69) is 33.2 Å². The molecule has 1 spiro atoms. The van der Waals surface area contributed by atoms with E-state index in [1.807, 2.05) is 36.1 Å². The minimum absolute atomic E-state index is 0.138. The number of benzene rings is 1. The van der Waals surface area contributed by atoms with Gasteiger partial charge in [0, 0.05) is 56.1 Å². The third-order valence-electron chi connectivity index (χ3n) is 5.69. The summed E-state index contributed by atoms with van der Waals surface area (Å²) in [4.78, 5) is 4.94. The van der Waals surface area contributed by atoms with Crippen LogP contribution in [0.4, 0.5) is 5.69 Å². The first-order valence-electron chi connectivity index (χ1n) is 9.69. The van der Waals surface area contributed by atoms with Crippen LogP contribution in [0.5, 0.6) is 0 Å². The van der Waals surface area contributed by atoms with Gasteiger partial charge in [0.2, 0.25) is 0 Å². The molecule has 27 heavy (non-hydrogen) atoms. The molecule has 2 saturated heterocycles. The lowest BCUT2D eigenvalue weighted by molar-refractivity contribution is 0.0106. The van der Waals surface area contributed by atoms with Crippen LogP contribution < -0.4 is 4.90 Å². The van der Waals surface area contributed by atoms with Gasteiger partial charge in [0.1, 0.15) is 0 Å². The highest BCUT2D eigenvalue weighted by Crippen LogP contribution is 2.35. The van der Waals surface area contributed by atoms with E-state index in [0.717, 1.165) is 51.6 Å². The summed E-state index contributed by atoms with van der Waals surface area (Å²) in [6.45, 7) is 6.51. The maximum absolute atomic E-state index is 9.23. The molecule has 0 unspecified atom stereocenters. The van der Waals surface area contributed by atoms with Gasteiger partial charge in [-0.05, 0) is 37.6 Å². The van der Waals surface area contributed by atoms with Crippen LogP contribution in [0.3, 0.4) is 0 Å². The number of piperidine rings is 1. The Hall–Kier alpha value is -2.36. The van der Waals surface area contributed by atoms with Gasteiger partial charge in [-0.3, -0.25) is 9.58 Å². The Morgan fingerprint density at radius 2 is 2.22 bits per heavy atom. The minimum atomic E-state index is 0.138. The number of nitriles is 1. The molecule has 2 aromatic rings. The van der Waals surface area contributed by atoms with Crippen LogP contribution in [0, 0.1) is 16.7 Å². The number of rotatable bonds is 3. The van der Waals surface area contributed by atoms with Crippen molar-refractivity contribution < 1.29 is 4.74 Å². The first-order valence-corrected chi connectivity index (χ1v) is 9.69. The van der Waals surface area contributed by atoms with Crippen molar-refractivity contribution in [3.05, 3.63) is 47.8 Å². The third kappa shape index (κ3) is 4.15. The van der Waals surface area contributed by atoms with Crippen LogP contribution in [-0.4, -0.2) is 54.1 Å². The predicted molar refractivity (Wildman–Crippen MR) is 104 cm³/mol. The Balaban J connectivity index is 1.50. The van der Waals surface area contributed by atoms with Gasteiger partial charge in [-0.1, -0.05) is 6.07 Å². The first-order chi connectivity index (χ1) is 13.2. The molecular weight excluding hydrogens is 338 g/mol. The lowest BCUT2D eigenvalue weighted by Crippen LogP contribution is -2.50. The van der Waals surface area contributed by atoms with Crippen molar-refractivity contribution in [2.24, 2.45) is 12.5 Å². The summed E-state index contributed by atoms with van der Waals surface area (Å²) in [7, 11) is 1.97. The van der Waals surface area contributed by atoms with E-state index in [9.17, 15) is 5.26 Å². The number of anilines is 1. The van der Waals surface area contributed by atoms with Crippen molar-refractivity contribution >= 4 is 5.69 Å². The Morgan fingerprint density at radius 3 is 3.04 bits per heavy atom. The summed E-state index contributed by atoms with van der Waals surface area (Å²) in [5.41, 5.74) is 3.25. The molecule has 1 atom stereocenters. The van der Waals surface area contributed by atoms with E-state index in [-0.39, 0.29) is 5.41 Å². The molecule has 1 aromatic heterocycles. The van der Waals surface area contributed by atoms with Crippen molar-refractivity contribution in [2.45, 2.75) is 19.4 Å². The summed E-state index contributed by atoms with van der Waals surface area (Å²) in [6, 6.07) is 10.2. The van der Waals surface area contributed by atoms with Gasteiger partial charge in [-0.15, -0.1) is 0 Å². The largest absolute Gasteiger partial charge is 0.379 e. The average molecular weight is 365 g/mol.